The topological polar surface area (TPSA) is 78.7 Å². The quantitative estimate of drug-likeness (QED) is 0.607. The first-order valence-electron chi connectivity index (χ1n) is 11.3. The van der Waals surface area contributed by atoms with Gasteiger partial charge >= 0.3 is 0 Å². The van der Waals surface area contributed by atoms with Crippen LogP contribution in [-0.2, 0) is 11.3 Å². The molecule has 0 radical (unpaired) electrons. The van der Waals surface area contributed by atoms with E-state index < -0.39 is 17.7 Å². The molecule has 4 aliphatic rings. The minimum atomic E-state index is -0.654. The van der Waals surface area contributed by atoms with Gasteiger partial charge < -0.3 is 4.57 Å². The normalized spacial score (nSPS) is 28.2. The fourth-order valence-electron chi connectivity index (χ4n) is 5.94. The average Bonchev–Trinajstić information content (AvgIpc) is 3.49. The summed E-state index contributed by atoms with van der Waals surface area (Å²) in [6.45, 7) is 0.722. The standard InChI is InChI=1S/C24H22F2N6O/c25-19-7-16(8-20(26)10-19)22-1-2-28-32(22)24(33)21-9-17(14-5-15(21)6-14)13-30-3-4-31-23(30)18(11-27)12-29-31/h2-4,7-8,10,12,14-15,17,21-22H,1,5-6,9,13H2/t14?,15?,17?,21-,22?/m0/s1. The third kappa shape index (κ3) is 3.24. The summed E-state index contributed by atoms with van der Waals surface area (Å²) in [7, 11) is 0. The van der Waals surface area contributed by atoms with Gasteiger partial charge in [-0.2, -0.15) is 15.5 Å². The van der Waals surface area contributed by atoms with Gasteiger partial charge in [-0.15, -0.1) is 0 Å². The fraction of sp³-hybridized carbons (Fsp3) is 0.417. The van der Waals surface area contributed by atoms with Crippen molar-refractivity contribution < 1.29 is 13.6 Å². The van der Waals surface area contributed by atoms with E-state index in [0.717, 1.165) is 37.5 Å². The number of hydrazone groups is 1. The molecule has 7 rings (SSSR count). The molecule has 168 valence electrons. The molecule has 3 atom stereocenters. The van der Waals surface area contributed by atoms with Crippen molar-refractivity contribution in [1.82, 2.24) is 19.2 Å². The van der Waals surface area contributed by atoms with Crippen LogP contribution in [0.15, 0.2) is 41.9 Å². The van der Waals surface area contributed by atoms with Gasteiger partial charge in [-0.3, -0.25) is 4.79 Å². The minimum absolute atomic E-state index is 0.0636. The third-order valence-corrected chi connectivity index (χ3v) is 7.63. The molecule has 1 aromatic carbocycles. The molecule has 33 heavy (non-hydrogen) atoms. The summed E-state index contributed by atoms with van der Waals surface area (Å²) in [5.74, 6) is -0.344. The zero-order valence-electron chi connectivity index (χ0n) is 17.8. The molecule has 0 saturated heterocycles. The number of benzene rings is 1. The van der Waals surface area contributed by atoms with E-state index in [4.69, 9.17) is 0 Å². The first kappa shape index (κ1) is 20.1. The van der Waals surface area contributed by atoms with Crippen molar-refractivity contribution in [2.75, 3.05) is 0 Å². The van der Waals surface area contributed by atoms with Crippen LogP contribution in [0.25, 0.3) is 5.65 Å². The van der Waals surface area contributed by atoms with Crippen molar-refractivity contribution >= 4 is 17.8 Å². The Hall–Kier alpha value is -3.54. The Morgan fingerprint density at radius 2 is 1.91 bits per heavy atom. The van der Waals surface area contributed by atoms with Crippen LogP contribution < -0.4 is 0 Å². The number of hydrogen-bond donors (Lipinski definition) is 0. The molecular weight excluding hydrogens is 426 g/mol. The first-order chi connectivity index (χ1) is 16.0. The monoisotopic (exact) mass is 448 g/mol. The van der Waals surface area contributed by atoms with Crippen LogP contribution in [0.1, 0.15) is 42.9 Å². The molecule has 2 aromatic heterocycles. The number of hydrogen-bond acceptors (Lipinski definition) is 4. The summed E-state index contributed by atoms with van der Waals surface area (Å²) >= 11 is 0. The van der Waals surface area contributed by atoms with Gasteiger partial charge in [0.25, 0.3) is 0 Å². The molecule has 3 heterocycles. The lowest BCUT2D eigenvalue weighted by Crippen LogP contribution is -2.49. The van der Waals surface area contributed by atoms with E-state index in [1.165, 1.54) is 17.1 Å². The van der Waals surface area contributed by atoms with E-state index in [1.54, 1.807) is 16.9 Å². The molecule has 1 aliphatic heterocycles. The molecule has 3 fully saturated rings. The molecule has 3 aromatic rings. The number of imidazole rings is 1. The maximum absolute atomic E-state index is 13.8. The molecule has 2 unspecified atom stereocenters. The second-order valence-electron chi connectivity index (χ2n) is 9.42. The van der Waals surface area contributed by atoms with Gasteiger partial charge in [0, 0.05) is 43.6 Å². The number of nitriles is 1. The Kier molecular flexibility index (Phi) is 4.57. The van der Waals surface area contributed by atoms with Crippen molar-refractivity contribution in [2.45, 2.75) is 38.3 Å². The molecule has 0 N–H and O–H groups in total. The molecule has 2 bridgehead atoms. The van der Waals surface area contributed by atoms with E-state index in [-0.39, 0.29) is 11.8 Å². The van der Waals surface area contributed by atoms with E-state index >= 15 is 0 Å². The Labute approximate surface area is 188 Å². The lowest BCUT2D eigenvalue weighted by molar-refractivity contribution is -0.147. The summed E-state index contributed by atoms with van der Waals surface area (Å²) in [5.41, 5.74) is 1.74. The van der Waals surface area contributed by atoms with E-state index in [9.17, 15) is 18.8 Å². The van der Waals surface area contributed by atoms with E-state index in [0.29, 0.717) is 35.3 Å². The number of nitrogens with zero attached hydrogens (tertiary/aromatic N) is 6. The van der Waals surface area contributed by atoms with Gasteiger partial charge in [-0.05, 0) is 54.7 Å². The van der Waals surface area contributed by atoms with Gasteiger partial charge in [-0.1, -0.05) is 0 Å². The average molecular weight is 448 g/mol. The summed E-state index contributed by atoms with van der Waals surface area (Å²) in [6, 6.07) is 5.11. The molecule has 9 heteroatoms. The Bertz CT molecular complexity index is 1290. The van der Waals surface area contributed by atoms with Crippen molar-refractivity contribution in [3.05, 3.63) is 59.6 Å². The molecule has 0 spiro atoms. The number of carbonyl (C=O) groups excluding carboxylic acids is 1. The number of halogens is 2. The number of rotatable bonds is 4. The highest BCUT2D eigenvalue weighted by molar-refractivity contribution is 5.82. The van der Waals surface area contributed by atoms with Gasteiger partial charge in [0.15, 0.2) is 5.65 Å². The van der Waals surface area contributed by atoms with Crippen molar-refractivity contribution in [2.24, 2.45) is 28.8 Å². The minimum Gasteiger partial charge on any atom is -0.330 e. The van der Waals surface area contributed by atoms with Crippen LogP contribution in [0, 0.1) is 46.6 Å². The second kappa shape index (κ2) is 7.51. The number of fused-ring (bicyclic) bond motifs is 3. The zero-order valence-corrected chi connectivity index (χ0v) is 17.8. The molecule has 3 saturated carbocycles. The highest BCUT2D eigenvalue weighted by Crippen LogP contribution is 2.53. The zero-order chi connectivity index (χ0) is 22.7. The lowest BCUT2D eigenvalue weighted by atomic mass is 9.55. The second-order valence-corrected chi connectivity index (χ2v) is 9.42. The molecular formula is C24H22F2N6O. The number of carbonyl (C=O) groups is 1. The Balaban J connectivity index is 1.22. The van der Waals surface area contributed by atoms with Gasteiger partial charge in [0.05, 0.1) is 12.2 Å². The van der Waals surface area contributed by atoms with Gasteiger partial charge in [-0.25, -0.2) is 18.3 Å². The number of amides is 1. The lowest BCUT2D eigenvalue weighted by Gasteiger charge is -2.51. The summed E-state index contributed by atoms with van der Waals surface area (Å²) in [4.78, 5) is 13.6. The van der Waals surface area contributed by atoms with Crippen LogP contribution in [0.4, 0.5) is 8.78 Å². The predicted octanol–water partition coefficient (Wildman–Crippen LogP) is 3.91. The molecule has 1 amide bonds. The summed E-state index contributed by atoms with van der Waals surface area (Å²) in [6.07, 6.45) is 10.2. The summed E-state index contributed by atoms with van der Waals surface area (Å²) < 4.78 is 31.3. The Morgan fingerprint density at radius 3 is 2.67 bits per heavy atom. The number of aromatic nitrogens is 3. The van der Waals surface area contributed by atoms with Crippen LogP contribution >= 0.6 is 0 Å². The van der Waals surface area contributed by atoms with Crippen molar-refractivity contribution in [1.29, 1.82) is 5.26 Å². The summed E-state index contributed by atoms with van der Waals surface area (Å²) in [5, 5.41) is 19.4. The van der Waals surface area contributed by atoms with Crippen LogP contribution in [0.3, 0.4) is 0 Å². The molecule has 3 aliphatic carbocycles. The van der Waals surface area contributed by atoms with Crippen molar-refractivity contribution in [3.8, 4) is 6.07 Å². The van der Waals surface area contributed by atoms with Crippen molar-refractivity contribution in [3.63, 3.8) is 0 Å². The maximum atomic E-state index is 13.8. The third-order valence-electron chi connectivity index (χ3n) is 7.63. The predicted molar refractivity (Wildman–Crippen MR) is 115 cm³/mol. The first-order valence-corrected chi connectivity index (χ1v) is 11.3. The Morgan fingerprint density at radius 1 is 1.12 bits per heavy atom. The highest BCUT2D eigenvalue weighted by atomic mass is 19.1. The largest absolute Gasteiger partial charge is 0.330 e. The SMILES string of the molecule is N#Cc1cnn2ccn(CC3C[C@H](C(=O)N4N=CCC4c4cc(F)cc(F)c4)C4CC3C4)c12. The van der Waals surface area contributed by atoms with E-state index in [1.807, 2.05) is 12.4 Å². The molecule has 7 nitrogen and oxygen atoms in total. The smallest absolute Gasteiger partial charge is 0.246 e. The van der Waals surface area contributed by atoms with Crippen LogP contribution in [0.5, 0.6) is 0 Å². The highest BCUT2D eigenvalue weighted by Gasteiger charge is 2.50. The van der Waals surface area contributed by atoms with Gasteiger partial charge in [0.2, 0.25) is 5.91 Å². The van der Waals surface area contributed by atoms with Crippen LogP contribution in [-0.4, -0.2) is 31.3 Å². The van der Waals surface area contributed by atoms with E-state index in [2.05, 4.69) is 20.8 Å². The fourth-order valence-corrected chi connectivity index (χ4v) is 5.94. The van der Waals surface area contributed by atoms with Crippen LogP contribution in [0.2, 0.25) is 0 Å². The van der Waals surface area contributed by atoms with Gasteiger partial charge in [0.1, 0.15) is 23.3 Å². The maximum Gasteiger partial charge on any atom is 0.246 e.